The molecule has 4 nitrogen and oxygen atoms in total. The van der Waals surface area contributed by atoms with Crippen LogP contribution in [0, 0.1) is 6.92 Å². The van der Waals surface area contributed by atoms with Crippen molar-refractivity contribution in [3.8, 4) is 0 Å². The molecule has 0 bridgehead atoms. The Morgan fingerprint density at radius 3 is 2.88 bits per heavy atom. The van der Waals surface area contributed by atoms with Gasteiger partial charge in [0.05, 0.1) is 18.3 Å². The van der Waals surface area contributed by atoms with Crippen molar-refractivity contribution < 1.29 is 4.74 Å². The van der Waals surface area contributed by atoms with E-state index in [4.69, 9.17) is 10.5 Å². The summed E-state index contributed by atoms with van der Waals surface area (Å²) in [5.74, 6) is 0.760. The fourth-order valence-electron chi connectivity index (χ4n) is 1.62. The number of hydrogen-bond acceptors (Lipinski definition) is 4. The van der Waals surface area contributed by atoms with Gasteiger partial charge in [-0.1, -0.05) is 13.3 Å². The molecule has 1 rings (SSSR count). The van der Waals surface area contributed by atoms with Crippen molar-refractivity contribution in [2.24, 2.45) is 0 Å². The van der Waals surface area contributed by atoms with Gasteiger partial charge >= 0.3 is 0 Å². The molecule has 0 amide bonds. The van der Waals surface area contributed by atoms with Crippen LogP contribution in [0.25, 0.3) is 0 Å². The van der Waals surface area contributed by atoms with Gasteiger partial charge in [0.25, 0.3) is 0 Å². The first-order valence-corrected chi connectivity index (χ1v) is 5.66. The van der Waals surface area contributed by atoms with E-state index in [1.54, 1.807) is 7.11 Å². The number of hydrogen-bond donors (Lipinski definition) is 2. The highest BCUT2D eigenvalue weighted by Crippen LogP contribution is 2.17. The zero-order chi connectivity index (χ0) is 12.0. The van der Waals surface area contributed by atoms with E-state index in [0.717, 1.165) is 24.4 Å². The molecule has 0 fully saturated rings. The van der Waals surface area contributed by atoms with Gasteiger partial charge in [0.2, 0.25) is 0 Å². The number of rotatable bonds is 6. The second kappa shape index (κ2) is 6.33. The Morgan fingerprint density at radius 2 is 2.25 bits per heavy atom. The SMILES string of the molecule is CCCC(COC)Nc1nc(C)ccc1N. The molecule has 0 aliphatic carbocycles. The van der Waals surface area contributed by atoms with Crippen molar-refractivity contribution in [1.82, 2.24) is 4.98 Å². The van der Waals surface area contributed by atoms with Gasteiger partial charge < -0.3 is 15.8 Å². The van der Waals surface area contributed by atoms with E-state index in [0.29, 0.717) is 12.3 Å². The lowest BCUT2D eigenvalue weighted by molar-refractivity contribution is 0.182. The molecule has 3 N–H and O–H groups in total. The predicted octanol–water partition coefficient (Wildman–Crippen LogP) is 2.20. The maximum atomic E-state index is 5.86. The van der Waals surface area contributed by atoms with Crippen LogP contribution in [0.2, 0.25) is 0 Å². The van der Waals surface area contributed by atoms with Crippen LogP contribution in [0.1, 0.15) is 25.5 Å². The third-order valence-electron chi connectivity index (χ3n) is 2.41. The van der Waals surface area contributed by atoms with E-state index in [1.807, 2.05) is 19.1 Å². The van der Waals surface area contributed by atoms with E-state index in [1.165, 1.54) is 0 Å². The summed E-state index contributed by atoms with van der Waals surface area (Å²) in [6, 6.07) is 4.05. The molecule has 0 saturated heterocycles. The number of ether oxygens (including phenoxy) is 1. The number of aryl methyl sites for hydroxylation is 1. The molecule has 1 aromatic heterocycles. The van der Waals surface area contributed by atoms with Gasteiger partial charge in [-0.05, 0) is 25.5 Å². The average Bonchev–Trinajstić information content (AvgIpc) is 2.24. The molecule has 0 radical (unpaired) electrons. The highest BCUT2D eigenvalue weighted by atomic mass is 16.5. The second-order valence-corrected chi connectivity index (χ2v) is 3.98. The summed E-state index contributed by atoms with van der Waals surface area (Å²) in [4.78, 5) is 4.39. The molecule has 1 aromatic rings. The van der Waals surface area contributed by atoms with Crippen LogP contribution in [-0.4, -0.2) is 24.7 Å². The molecular formula is C12H21N3O. The quantitative estimate of drug-likeness (QED) is 0.776. The molecular weight excluding hydrogens is 202 g/mol. The number of nitrogens with two attached hydrogens (primary N) is 1. The Morgan fingerprint density at radius 1 is 1.50 bits per heavy atom. The van der Waals surface area contributed by atoms with Gasteiger partial charge in [-0.25, -0.2) is 4.98 Å². The fourth-order valence-corrected chi connectivity index (χ4v) is 1.62. The van der Waals surface area contributed by atoms with E-state index < -0.39 is 0 Å². The molecule has 90 valence electrons. The van der Waals surface area contributed by atoms with Crippen molar-refractivity contribution in [2.75, 3.05) is 24.8 Å². The highest BCUT2D eigenvalue weighted by molar-refractivity contribution is 5.61. The number of nitrogens with zero attached hydrogens (tertiary/aromatic N) is 1. The molecule has 0 aliphatic rings. The molecule has 0 aromatic carbocycles. The van der Waals surface area contributed by atoms with Gasteiger partial charge in [-0.2, -0.15) is 0 Å². The van der Waals surface area contributed by atoms with Crippen LogP contribution in [0.3, 0.4) is 0 Å². The second-order valence-electron chi connectivity index (χ2n) is 3.98. The summed E-state index contributed by atoms with van der Waals surface area (Å²) >= 11 is 0. The van der Waals surface area contributed by atoms with Gasteiger partial charge in [-0.3, -0.25) is 0 Å². The minimum atomic E-state index is 0.270. The topological polar surface area (TPSA) is 60.2 Å². The lowest BCUT2D eigenvalue weighted by atomic mass is 10.2. The number of methoxy groups -OCH3 is 1. The predicted molar refractivity (Wildman–Crippen MR) is 67.6 cm³/mol. The molecule has 0 saturated carbocycles. The molecule has 1 unspecified atom stereocenters. The average molecular weight is 223 g/mol. The maximum Gasteiger partial charge on any atom is 0.149 e. The lowest BCUT2D eigenvalue weighted by Crippen LogP contribution is -2.25. The minimum Gasteiger partial charge on any atom is -0.396 e. The Balaban J connectivity index is 2.71. The Kier molecular flexibility index (Phi) is 5.05. The van der Waals surface area contributed by atoms with E-state index >= 15 is 0 Å². The summed E-state index contributed by atoms with van der Waals surface area (Å²) in [5, 5.41) is 3.33. The van der Waals surface area contributed by atoms with E-state index in [-0.39, 0.29) is 6.04 Å². The van der Waals surface area contributed by atoms with Gasteiger partial charge in [0, 0.05) is 12.8 Å². The van der Waals surface area contributed by atoms with Crippen LogP contribution >= 0.6 is 0 Å². The van der Waals surface area contributed by atoms with Crippen LogP contribution < -0.4 is 11.1 Å². The first kappa shape index (κ1) is 12.8. The lowest BCUT2D eigenvalue weighted by Gasteiger charge is -2.19. The van der Waals surface area contributed by atoms with Gasteiger partial charge in [0.1, 0.15) is 5.82 Å². The molecule has 0 spiro atoms. The molecule has 16 heavy (non-hydrogen) atoms. The van der Waals surface area contributed by atoms with Crippen molar-refractivity contribution in [3.63, 3.8) is 0 Å². The van der Waals surface area contributed by atoms with Crippen molar-refractivity contribution in [3.05, 3.63) is 17.8 Å². The van der Waals surface area contributed by atoms with Crippen LogP contribution in [0.5, 0.6) is 0 Å². The van der Waals surface area contributed by atoms with Crippen molar-refractivity contribution in [1.29, 1.82) is 0 Å². The van der Waals surface area contributed by atoms with Crippen molar-refractivity contribution in [2.45, 2.75) is 32.7 Å². The molecule has 4 heteroatoms. The largest absolute Gasteiger partial charge is 0.396 e. The summed E-state index contributed by atoms with van der Waals surface area (Å²) < 4.78 is 5.17. The maximum absolute atomic E-state index is 5.86. The Bertz CT molecular complexity index is 322. The number of anilines is 2. The Hall–Kier alpha value is -1.29. The zero-order valence-corrected chi connectivity index (χ0v) is 10.3. The van der Waals surface area contributed by atoms with Crippen LogP contribution in [-0.2, 0) is 4.74 Å². The minimum absolute atomic E-state index is 0.270. The smallest absolute Gasteiger partial charge is 0.149 e. The Labute approximate surface area is 97.2 Å². The first-order valence-electron chi connectivity index (χ1n) is 5.66. The highest BCUT2D eigenvalue weighted by Gasteiger charge is 2.09. The number of nitrogen functional groups attached to an aromatic ring is 1. The first-order chi connectivity index (χ1) is 7.67. The summed E-state index contributed by atoms with van der Waals surface area (Å²) in [6.07, 6.45) is 2.15. The normalized spacial score (nSPS) is 12.4. The number of pyridine rings is 1. The van der Waals surface area contributed by atoms with E-state index in [2.05, 4.69) is 17.2 Å². The fraction of sp³-hybridized carbons (Fsp3) is 0.583. The standard InChI is InChI=1S/C12H21N3O/c1-4-5-10(8-16-3)15-12-11(13)7-6-9(2)14-12/h6-7,10H,4-5,8,13H2,1-3H3,(H,14,15). The van der Waals surface area contributed by atoms with Crippen LogP contribution in [0.4, 0.5) is 11.5 Å². The monoisotopic (exact) mass is 223 g/mol. The van der Waals surface area contributed by atoms with Gasteiger partial charge in [0.15, 0.2) is 0 Å². The van der Waals surface area contributed by atoms with Gasteiger partial charge in [-0.15, -0.1) is 0 Å². The third-order valence-corrected chi connectivity index (χ3v) is 2.41. The molecule has 1 heterocycles. The van der Waals surface area contributed by atoms with Crippen LogP contribution in [0.15, 0.2) is 12.1 Å². The van der Waals surface area contributed by atoms with E-state index in [9.17, 15) is 0 Å². The molecule has 0 aliphatic heterocycles. The molecule has 1 atom stereocenters. The third kappa shape index (κ3) is 3.70. The summed E-state index contributed by atoms with van der Waals surface area (Å²) in [6.45, 7) is 4.77. The zero-order valence-electron chi connectivity index (χ0n) is 10.3. The van der Waals surface area contributed by atoms with Crippen molar-refractivity contribution >= 4 is 11.5 Å². The summed E-state index contributed by atoms with van der Waals surface area (Å²) in [7, 11) is 1.71. The number of aromatic nitrogens is 1. The number of nitrogens with one attached hydrogen (secondary N) is 1. The summed E-state index contributed by atoms with van der Waals surface area (Å²) in [5.41, 5.74) is 7.51.